The van der Waals surface area contributed by atoms with E-state index in [2.05, 4.69) is 15.8 Å². The average molecular weight is 512 g/mol. The number of aliphatic carboxylic acids is 1. The summed E-state index contributed by atoms with van der Waals surface area (Å²) in [4.78, 5) is 67.2. The molecule has 0 saturated carbocycles. The van der Waals surface area contributed by atoms with Crippen LogP contribution in [0.5, 0.6) is 0 Å². The molecule has 0 radical (unpaired) electrons. The van der Waals surface area contributed by atoms with Crippen LogP contribution in [0, 0.1) is 4.91 Å². The summed E-state index contributed by atoms with van der Waals surface area (Å²) in [7, 11) is 0. The third-order valence-electron chi connectivity index (χ3n) is 6.00. The number of nitrogens with zero attached hydrogens (tertiary/aromatic N) is 1. The molecule has 0 aromatic carbocycles. The van der Waals surface area contributed by atoms with Crippen LogP contribution in [0.1, 0.15) is 122 Å². The monoisotopic (exact) mass is 511 g/mol. The summed E-state index contributed by atoms with van der Waals surface area (Å²) in [5, 5.41) is 15.5. The summed E-state index contributed by atoms with van der Waals surface area (Å²) in [6, 6.07) is -1.18. The summed E-state index contributed by atoms with van der Waals surface area (Å²) in [6.45, 7) is 1.11. The lowest BCUT2D eigenvalue weighted by molar-refractivity contribution is -0.138. The molecule has 0 aromatic heterocycles. The molecular formula is C26H45N3O7. The number of amides is 3. The summed E-state index contributed by atoms with van der Waals surface area (Å²) in [6.07, 6.45) is 16.5. The van der Waals surface area contributed by atoms with E-state index in [1.807, 2.05) is 0 Å². The second-order valence-corrected chi connectivity index (χ2v) is 9.41. The lowest BCUT2D eigenvalue weighted by Crippen LogP contribution is -2.41. The van der Waals surface area contributed by atoms with Gasteiger partial charge in [-0.3, -0.25) is 19.2 Å². The van der Waals surface area contributed by atoms with Gasteiger partial charge in [-0.1, -0.05) is 77.0 Å². The van der Waals surface area contributed by atoms with Gasteiger partial charge in [0, 0.05) is 24.4 Å². The fourth-order valence-corrected chi connectivity index (χ4v) is 3.91. The van der Waals surface area contributed by atoms with Gasteiger partial charge in [-0.25, -0.2) is 0 Å². The highest BCUT2D eigenvalue weighted by molar-refractivity contribution is 5.89. The molecule has 0 aliphatic heterocycles. The number of nitroso groups, excluding NO2 is 1. The van der Waals surface area contributed by atoms with Gasteiger partial charge in [0.1, 0.15) is 18.4 Å². The number of hydrogen-bond donors (Lipinski definition) is 3. The molecule has 0 spiro atoms. The predicted molar refractivity (Wildman–Crippen MR) is 137 cm³/mol. The molecule has 10 nitrogen and oxygen atoms in total. The number of carboxylic acid groups (broad SMARTS) is 1. The summed E-state index contributed by atoms with van der Waals surface area (Å²) in [5.41, 5.74) is 0. The maximum absolute atomic E-state index is 12.1. The number of carbonyl (C=O) groups is 5. The van der Waals surface area contributed by atoms with Gasteiger partial charge in [0.2, 0.25) is 11.8 Å². The third-order valence-corrected chi connectivity index (χ3v) is 6.00. The average Bonchev–Trinajstić information content (AvgIpc) is 2.84. The number of Topliss-reactive ketones (excluding diaryl/α,β-unsaturated/α-hetero) is 1. The molecule has 1 unspecified atom stereocenters. The second-order valence-electron chi connectivity index (χ2n) is 9.41. The Morgan fingerprint density at radius 3 is 1.53 bits per heavy atom. The summed E-state index contributed by atoms with van der Waals surface area (Å²) in [5.74, 6) is -2.93. The number of hydrogen-bond acceptors (Lipinski definition) is 6. The lowest BCUT2D eigenvalue weighted by Gasteiger charge is -2.14. The molecule has 0 rings (SSSR count). The van der Waals surface area contributed by atoms with Gasteiger partial charge in [-0.2, -0.15) is 0 Å². The van der Waals surface area contributed by atoms with Crippen LogP contribution in [0.25, 0.3) is 0 Å². The first kappa shape index (κ1) is 33.4. The molecule has 1 atom stereocenters. The fourth-order valence-electron chi connectivity index (χ4n) is 3.91. The minimum atomic E-state index is -1.19. The molecule has 36 heavy (non-hydrogen) atoms. The van der Waals surface area contributed by atoms with Gasteiger partial charge in [0.15, 0.2) is 0 Å². The van der Waals surface area contributed by atoms with Crippen LogP contribution in [-0.2, 0) is 24.0 Å². The zero-order valence-corrected chi connectivity index (χ0v) is 21.9. The number of unbranched alkanes of at least 4 members (excludes halogenated alkanes) is 13. The largest absolute Gasteiger partial charge is 0.480 e. The highest BCUT2D eigenvalue weighted by atomic mass is 16.4. The van der Waals surface area contributed by atoms with Gasteiger partial charge in [-0.05, 0) is 26.2 Å². The molecule has 3 amide bonds. The van der Waals surface area contributed by atoms with E-state index in [1.165, 1.54) is 51.4 Å². The minimum Gasteiger partial charge on any atom is -0.480 e. The van der Waals surface area contributed by atoms with Crippen LogP contribution in [0.4, 0.5) is 0 Å². The van der Waals surface area contributed by atoms with Gasteiger partial charge >= 0.3 is 11.9 Å². The number of rotatable bonds is 24. The van der Waals surface area contributed by atoms with E-state index in [-0.39, 0.29) is 31.0 Å². The number of carboxylic acids is 1. The molecule has 3 N–H and O–H groups in total. The van der Waals surface area contributed by atoms with Crippen LogP contribution in [0.15, 0.2) is 5.18 Å². The Bertz CT molecular complexity index is 682. The van der Waals surface area contributed by atoms with E-state index >= 15 is 0 Å². The van der Waals surface area contributed by atoms with Crippen molar-refractivity contribution in [3.05, 3.63) is 4.91 Å². The first-order valence-corrected chi connectivity index (χ1v) is 13.4. The zero-order valence-electron chi connectivity index (χ0n) is 21.9. The summed E-state index contributed by atoms with van der Waals surface area (Å²) >= 11 is 0. The maximum Gasteiger partial charge on any atom is 0.322 e. The van der Waals surface area contributed by atoms with E-state index in [9.17, 15) is 28.9 Å². The third kappa shape index (κ3) is 21.9. The van der Waals surface area contributed by atoms with Crippen LogP contribution >= 0.6 is 0 Å². The normalized spacial score (nSPS) is 11.5. The first-order valence-electron chi connectivity index (χ1n) is 13.4. The second kappa shape index (κ2) is 22.8. The molecule has 0 aliphatic carbocycles. The van der Waals surface area contributed by atoms with Crippen LogP contribution in [0.3, 0.4) is 0 Å². The number of nitrogens with one attached hydrogen (secondary N) is 2. The van der Waals surface area contributed by atoms with Crippen LogP contribution in [0.2, 0.25) is 0 Å². The van der Waals surface area contributed by atoms with Crippen molar-refractivity contribution >= 4 is 29.5 Å². The molecule has 0 bridgehead atoms. The number of carbonyl (C=O) groups excluding carboxylic acids is 4. The predicted octanol–water partition coefficient (Wildman–Crippen LogP) is 4.58. The zero-order chi connectivity index (χ0) is 27.0. The van der Waals surface area contributed by atoms with Crippen molar-refractivity contribution in [2.24, 2.45) is 5.18 Å². The first-order chi connectivity index (χ1) is 17.3. The maximum atomic E-state index is 12.1. The molecule has 206 valence electrons. The Balaban J connectivity index is 3.71. The van der Waals surface area contributed by atoms with Crippen molar-refractivity contribution in [1.29, 1.82) is 0 Å². The molecule has 10 heteroatoms. The van der Waals surface area contributed by atoms with Crippen molar-refractivity contribution in [3.63, 3.8) is 0 Å². The molecule has 0 saturated heterocycles. The van der Waals surface area contributed by atoms with E-state index in [0.717, 1.165) is 32.1 Å². The molecule has 0 aromatic rings. The smallest absolute Gasteiger partial charge is 0.322 e. The van der Waals surface area contributed by atoms with Gasteiger partial charge in [0.05, 0.1) is 0 Å². The van der Waals surface area contributed by atoms with Crippen molar-refractivity contribution in [3.8, 4) is 0 Å². The van der Waals surface area contributed by atoms with E-state index in [4.69, 9.17) is 5.11 Å². The van der Waals surface area contributed by atoms with Gasteiger partial charge in [-0.15, -0.1) is 4.91 Å². The van der Waals surface area contributed by atoms with E-state index in [1.54, 1.807) is 6.92 Å². The van der Waals surface area contributed by atoms with E-state index in [0.29, 0.717) is 12.8 Å². The van der Waals surface area contributed by atoms with Gasteiger partial charge in [0.25, 0.3) is 0 Å². The van der Waals surface area contributed by atoms with E-state index < -0.39 is 30.4 Å². The quantitative estimate of drug-likeness (QED) is 0.126. The standard InChI is InChI=1S/C26H45N3O7/c1-21(30)16-14-12-10-8-6-4-2-3-5-7-9-11-13-15-17-24(32)28-22(26(35)29-36)18-19-23(31)27-20-25(33)34/h22H,2-20H2,1H3,(H,27,31)(H,28,32)(H,33,34). The Kier molecular flexibility index (Phi) is 21.1. The topological polar surface area (TPSA) is 159 Å². The fraction of sp³-hybridized carbons (Fsp3) is 0.808. The van der Waals surface area contributed by atoms with Crippen molar-refractivity contribution < 1.29 is 29.1 Å². The Morgan fingerprint density at radius 2 is 1.11 bits per heavy atom. The SMILES string of the molecule is CC(=O)CCCCCCCCCCCCCCCCC(=O)NC(CCC(=O)NCC(=O)O)C(=O)N=O. The van der Waals surface area contributed by atoms with Crippen LogP contribution < -0.4 is 10.6 Å². The molecular weight excluding hydrogens is 466 g/mol. The van der Waals surface area contributed by atoms with Crippen LogP contribution in [-0.4, -0.2) is 47.2 Å². The molecule has 0 fully saturated rings. The van der Waals surface area contributed by atoms with Crippen molar-refractivity contribution in [2.45, 2.75) is 129 Å². The minimum absolute atomic E-state index is 0.122. The lowest BCUT2D eigenvalue weighted by atomic mass is 10.0. The molecule has 0 aliphatic rings. The Hall–Kier alpha value is -2.65. The highest BCUT2D eigenvalue weighted by Gasteiger charge is 2.22. The van der Waals surface area contributed by atoms with Gasteiger partial charge < -0.3 is 20.5 Å². The Morgan fingerprint density at radius 1 is 0.667 bits per heavy atom. The van der Waals surface area contributed by atoms with Crippen molar-refractivity contribution in [1.82, 2.24) is 10.6 Å². The Labute approximate surface area is 214 Å². The molecule has 0 heterocycles. The summed E-state index contributed by atoms with van der Waals surface area (Å²) < 4.78 is 0. The van der Waals surface area contributed by atoms with Crippen molar-refractivity contribution in [2.75, 3.05) is 6.54 Å². The number of ketones is 1. The highest BCUT2D eigenvalue weighted by Crippen LogP contribution is 2.14.